The topological polar surface area (TPSA) is 40.6 Å². The van der Waals surface area contributed by atoms with E-state index in [2.05, 4.69) is 0 Å². The summed E-state index contributed by atoms with van der Waals surface area (Å²) in [5, 5.41) is -0.0238. The zero-order valence-electron chi connectivity index (χ0n) is 12.9. The average molecular weight is 361 g/mol. The van der Waals surface area contributed by atoms with E-state index >= 15 is 0 Å². The van der Waals surface area contributed by atoms with Crippen LogP contribution in [0.4, 0.5) is 13.2 Å². The van der Waals surface area contributed by atoms with E-state index in [1.54, 1.807) is 11.9 Å². The number of hydrogen-bond donors (Lipinski definition) is 0. The molecule has 0 aromatic heterocycles. The lowest BCUT2D eigenvalue weighted by atomic mass is 9.95. The second-order valence-electron chi connectivity index (χ2n) is 6.28. The number of rotatable bonds is 1. The van der Waals surface area contributed by atoms with E-state index in [1.165, 1.54) is 4.90 Å². The van der Waals surface area contributed by atoms with Crippen LogP contribution in [0.25, 0.3) is 0 Å². The van der Waals surface area contributed by atoms with Crippen LogP contribution >= 0.6 is 11.6 Å². The zero-order chi connectivity index (χ0) is 17.6. The number of amides is 2. The number of benzene rings is 1. The molecular formula is C16H16ClF3N2O2. The van der Waals surface area contributed by atoms with Crippen LogP contribution in [0.15, 0.2) is 18.2 Å². The van der Waals surface area contributed by atoms with Crippen LogP contribution in [-0.2, 0) is 11.0 Å². The van der Waals surface area contributed by atoms with E-state index in [0.29, 0.717) is 13.0 Å². The van der Waals surface area contributed by atoms with Gasteiger partial charge >= 0.3 is 6.18 Å². The summed E-state index contributed by atoms with van der Waals surface area (Å²) in [6, 6.07) is 2.61. The fourth-order valence-electron chi connectivity index (χ4n) is 3.36. The SMILES string of the molecule is CN1C(=O)[C@H]2CC[C@@H]1CN(C(=O)c1cc(C(F)(F)F)ccc1Cl)C2. The smallest absolute Gasteiger partial charge is 0.341 e. The minimum atomic E-state index is -4.55. The summed E-state index contributed by atoms with van der Waals surface area (Å²) in [4.78, 5) is 28.0. The van der Waals surface area contributed by atoms with Crippen molar-refractivity contribution in [2.75, 3.05) is 20.1 Å². The maximum Gasteiger partial charge on any atom is 0.416 e. The molecule has 0 spiro atoms. The molecule has 0 unspecified atom stereocenters. The van der Waals surface area contributed by atoms with Crippen molar-refractivity contribution >= 4 is 23.4 Å². The Morgan fingerprint density at radius 2 is 1.96 bits per heavy atom. The Balaban J connectivity index is 1.91. The van der Waals surface area contributed by atoms with Crippen LogP contribution in [0.2, 0.25) is 5.02 Å². The third kappa shape index (κ3) is 2.97. The highest BCUT2D eigenvalue weighted by atomic mass is 35.5. The first kappa shape index (κ1) is 17.1. The standard InChI is InChI=1S/C16H16ClF3N2O2/c1-21-11-4-2-9(14(21)23)7-22(8-11)15(24)12-6-10(16(18,19)20)3-5-13(12)17/h3,5-6,9,11H,2,4,7-8H2,1H3/t9-,11+/m0/s1. The summed E-state index contributed by atoms with van der Waals surface area (Å²) in [6.07, 6.45) is -3.07. The normalized spacial score (nSPS) is 24.3. The number of fused-ring (bicyclic) bond motifs is 4. The maximum absolute atomic E-state index is 12.9. The lowest BCUT2D eigenvalue weighted by Gasteiger charge is -2.32. The fraction of sp³-hybridized carbons (Fsp3) is 0.500. The van der Waals surface area contributed by atoms with Crippen molar-refractivity contribution < 1.29 is 22.8 Å². The first-order valence-electron chi connectivity index (χ1n) is 7.61. The fourth-order valence-corrected chi connectivity index (χ4v) is 3.56. The van der Waals surface area contributed by atoms with E-state index in [0.717, 1.165) is 24.6 Å². The highest BCUT2D eigenvalue weighted by Gasteiger charge is 2.41. The Morgan fingerprint density at radius 1 is 1.25 bits per heavy atom. The van der Waals surface area contributed by atoms with Crippen molar-refractivity contribution in [3.63, 3.8) is 0 Å². The largest absolute Gasteiger partial charge is 0.416 e. The van der Waals surface area contributed by atoms with Gasteiger partial charge in [0.2, 0.25) is 5.91 Å². The summed E-state index contributed by atoms with van der Waals surface area (Å²) in [6.45, 7) is 0.523. The molecule has 3 aliphatic rings. The van der Waals surface area contributed by atoms with Gasteiger partial charge in [-0.3, -0.25) is 9.59 Å². The van der Waals surface area contributed by atoms with Crippen LogP contribution in [0.1, 0.15) is 28.8 Å². The number of nitrogens with zero attached hydrogens (tertiary/aromatic N) is 2. The lowest BCUT2D eigenvalue weighted by Crippen LogP contribution is -2.45. The average Bonchev–Trinajstić information content (AvgIpc) is 2.80. The second kappa shape index (κ2) is 5.95. The van der Waals surface area contributed by atoms with E-state index in [1.807, 2.05) is 0 Å². The Bertz CT molecular complexity index is 692. The van der Waals surface area contributed by atoms with Crippen LogP contribution in [0.3, 0.4) is 0 Å². The van der Waals surface area contributed by atoms with E-state index < -0.39 is 17.6 Å². The molecular weight excluding hydrogens is 345 g/mol. The molecule has 8 heteroatoms. The van der Waals surface area contributed by atoms with Gasteiger partial charge in [-0.05, 0) is 31.0 Å². The Kier molecular flexibility index (Phi) is 4.23. The van der Waals surface area contributed by atoms with E-state index in [4.69, 9.17) is 11.6 Å². The summed E-state index contributed by atoms with van der Waals surface area (Å²) in [7, 11) is 1.70. The minimum absolute atomic E-state index is 0.0170. The molecule has 1 aromatic rings. The molecule has 2 bridgehead atoms. The molecule has 0 aliphatic carbocycles. The molecule has 2 atom stereocenters. The number of halogens is 4. The van der Waals surface area contributed by atoms with Crippen LogP contribution in [0, 0.1) is 5.92 Å². The Labute approximate surface area is 142 Å². The molecule has 4 rings (SSSR count). The highest BCUT2D eigenvalue weighted by molar-refractivity contribution is 6.33. The molecule has 4 nitrogen and oxygen atoms in total. The molecule has 3 heterocycles. The lowest BCUT2D eigenvalue weighted by molar-refractivity contribution is -0.138. The van der Waals surface area contributed by atoms with Crippen molar-refractivity contribution in [3.8, 4) is 0 Å². The summed E-state index contributed by atoms with van der Waals surface area (Å²) in [5.74, 6) is -0.884. The first-order chi connectivity index (χ1) is 11.2. The molecule has 0 N–H and O–H groups in total. The van der Waals surface area contributed by atoms with Gasteiger partial charge in [-0.15, -0.1) is 0 Å². The monoisotopic (exact) mass is 360 g/mol. The number of alkyl halides is 3. The van der Waals surface area contributed by atoms with E-state index in [-0.39, 0.29) is 35.0 Å². The van der Waals surface area contributed by atoms with Gasteiger partial charge in [0.05, 0.1) is 22.1 Å². The molecule has 3 fully saturated rings. The second-order valence-corrected chi connectivity index (χ2v) is 6.69. The van der Waals surface area contributed by atoms with Crippen molar-refractivity contribution in [3.05, 3.63) is 34.3 Å². The van der Waals surface area contributed by atoms with Crippen molar-refractivity contribution in [2.45, 2.75) is 25.1 Å². The number of carbonyl (C=O) groups excluding carboxylic acids is 2. The summed E-state index contributed by atoms with van der Waals surface area (Å²) < 4.78 is 38.7. The quantitative estimate of drug-likeness (QED) is 0.772. The number of hydrogen-bond acceptors (Lipinski definition) is 2. The summed E-state index contributed by atoms with van der Waals surface area (Å²) in [5.41, 5.74) is -1.09. The number of likely N-dealkylation sites (N-methyl/N-ethyl adjacent to an activating group) is 1. The molecule has 3 aliphatic heterocycles. The van der Waals surface area contributed by atoms with Crippen LogP contribution < -0.4 is 0 Å². The molecule has 1 aromatic carbocycles. The van der Waals surface area contributed by atoms with Gasteiger partial charge in [0.1, 0.15) is 0 Å². The summed E-state index contributed by atoms with van der Waals surface area (Å²) >= 11 is 5.95. The molecule has 0 radical (unpaired) electrons. The van der Waals surface area contributed by atoms with Crippen LogP contribution in [0.5, 0.6) is 0 Å². The van der Waals surface area contributed by atoms with Gasteiger partial charge < -0.3 is 9.80 Å². The van der Waals surface area contributed by atoms with Gasteiger partial charge in [0, 0.05) is 26.2 Å². The third-order valence-corrected chi connectivity index (χ3v) is 5.11. The Hall–Kier alpha value is -1.76. The zero-order valence-corrected chi connectivity index (χ0v) is 13.7. The third-order valence-electron chi connectivity index (χ3n) is 4.78. The minimum Gasteiger partial charge on any atom is -0.341 e. The molecule has 24 heavy (non-hydrogen) atoms. The van der Waals surface area contributed by atoms with Gasteiger partial charge in [-0.1, -0.05) is 11.6 Å². The van der Waals surface area contributed by atoms with Crippen molar-refractivity contribution in [1.29, 1.82) is 0 Å². The number of carbonyl (C=O) groups is 2. The van der Waals surface area contributed by atoms with Gasteiger partial charge in [0.15, 0.2) is 0 Å². The highest BCUT2D eigenvalue weighted by Crippen LogP contribution is 2.33. The molecule has 3 saturated heterocycles. The molecule has 0 saturated carbocycles. The first-order valence-corrected chi connectivity index (χ1v) is 7.99. The number of piperidine rings is 1. The van der Waals surface area contributed by atoms with Crippen molar-refractivity contribution in [1.82, 2.24) is 9.80 Å². The predicted molar refractivity (Wildman–Crippen MR) is 81.6 cm³/mol. The van der Waals surface area contributed by atoms with E-state index in [9.17, 15) is 22.8 Å². The predicted octanol–water partition coefficient (Wildman–Crippen LogP) is 3.05. The van der Waals surface area contributed by atoms with Crippen LogP contribution in [-0.4, -0.2) is 47.8 Å². The van der Waals surface area contributed by atoms with Crippen molar-refractivity contribution in [2.24, 2.45) is 5.92 Å². The van der Waals surface area contributed by atoms with Gasteiger partial charge in [-0.25, -0.2) is 0 Å². The van der Waals surface area contributed by atoms with Gasteiger partial charge in [-0.2, -0.15) is 13.2 Å². The molecule has 130 valence electrons. The molecule has 2 amide bonds. The van der Waals surface area contributed by atoms with Gasteiger partial charge in [0.25, 0.3) is 5.91 Å². The Morgan fingerprint density at radius 3 is 2.62 bits per heavy atom. The maximum atomic E-state index is 12.9.